The Bertz CT molecular complexity index is 1000. The maximum absolute atomic E-state index is 12.3. The van der Waals surface area contributed by atoms with Crippen LogP contribution in [-0.4, -0.2) is 41.7 Å². The Balaban J connectivity index is 1.50. The van der Waals surface area contributed by atoms with Gasteiger partial charge >= 0.3 is 5.97 Å². The van der Waals surface area contributed by atoms with Gasteiger partial charge in [-0.25, -0.2) is 4.79 Å². The van der Waals surface area contributed by atoms with E-state index in [0.717, 1.165) is 4.90 Å². The van der Waals surface area contributed by atoms with Gasteiger partial charge in [0.15, 0.2) is 0 Å². The van der Waals surface area contributed by atoms with Crippen LogP contribution in [0.5, 0.6) is 0 Å². The number of imide groups is 1. The number of ether oxygens (including phenoxy) is 1. The molecule has 30 heavy (non-hydrogen) atoms. The Kier molecular flexibility index (Phi) is 6.54. The van der Waals surface area contributed by atoms with Crippen LogP contribution in [0.3, 0.4) is 0 Å². The number of hydrogen-bond acceptors (Lipinski definition) is 5. The van der Waals surface area contributed by atoms with Gasteiger partial charge in [-0.1, -0.05) is 30.4 Å². The predicted molar refractivity (Wildman–Crippen MR) is 111 cm³/mol. The summed E-state index contributed by atoms with van der Waals surface area (Å²) in [6.07, 6.45) is 6.55. The minimum atomic E-state index is -0.586. The highest BCUT2D eigenvalue weighted by Crippen LogP contribution is 2.22. The van der Waals surface area contributed by atoms with Crippen molar-refractivity contribution in [3.05, 3.63) is 89.5 Å². The second-order valence-corrected chi connectivity index (χ2v) is 6.39. The predicted octanol–water partition coefficient (Wildman–Crippen LogP) is 3.21. The van der Waals surface area contributed by atoms with Gasteiger partial charge in [-0.05, 0) is 43.3 Å². The summed E-state index contributed by atoms with van der Waals surface area (Å²) in [5.41, 5.74) is 1.53. The quantitative estimate of drug-likeness (QED) is 0.331. The molecule has 0 unspecified atom stereocenters. The van der Waals surface area contributed by atoms with Gasteiger partial charge in [-0.2, -0.15) is 0 Å². The molecule has 1 heterocycles. The van der Waals surface area contributed by atoms with Gasteiger partial charge < -0.3 is 10.1 Å². The SMILES string of the molecule is CC=CC=CC(=O)Nc1ccc(C(=O)OCCN2C(=O)c3ccccc3C2=O)cc1. The van der Waals surface area contributed by atoms with Crippen LogP contribution in [0.25, 0.3) is 0 Å². The van der Waals surface area contributed by atoms with Crippen LogP contribution < -0.4 is 5.32 Å². The van der Waals surface area contributed by atoms with E-state index in [9.17, 15) is 19.2 Å². The fraction of sp³-hybridized carbons (Fsp3) is 0.130. The summed E-state index contributed by atoms with van der Waals surface area (Å²) >= 11 is 0. The van der Waals surface area contributed by atoms with E-state index in [2.05, 4.69) is 5.32 Å². The number of nitrogens with zero attached hydrogens (tertiary/aromatic N) is 1. The lowest BCUT2D eigenvalue weighted by Crippen LogP contribution is -2.33. The Labute approximate surface area is 173 Å². The molecule has 0 atom stereocenters. The normalized spacial score (nSPS) is 13.2. The van der Waals surface area contributed by atoms with Gasteiger partial charge in [0.25, 0.3) is 11.8 Å². The molecule has 0 aromatic heterocycles. The minimum absolute atomic E-state index is 0.0230. The number of fused-ring (bicyclic) bond motifs is 1. The van der Waals surface area contributed by atoms with Crippen molar-refractivity contribution in [3.63, 3.8) is 0 Å². The Morgan fingerprint density at radius 1 is 0.967 bits per heavy atom. The van der Waals surface area contributed by atoms with E-state index in [1.54, 1.807) is 54.6 Å². The van der Waals surface area contributed by atoms with Gasteiger partial charge in [0.1, 0.15) is 6.61 Å². The molecular formula is C23H20N2O5. The van der Waals surface area contributed by atoms with Gasteiger partial charge in [0, 0.05) is 11.8 Å². The lowest BCUT2D eigenvalue weighted by Gasteiger charge is -2.13. The summed E-state index contributed by atoms with van der Waals surface area (Å²) in [7, 11) is 0. The highest BCUT2D eigenvalue weighted by atomic mass is 16.5. The largest absolute Gasteiger partial charge is 0.460 e. The molecule has 0 fully saturated rings. The highest BCUT2D eigenvalue weighted by molar-refractivity contribution is 6.21. The summed E-state index contributed by atoms with van der Waals surface area (Å²) in [5, 5.41) is 2.67. The molecular weight excluding hydrogens is 384 g/mol. The van der Waals surface area contributed by atoms with E-state index in [4.69, 9.17) is 4.74 Å². The molecule has 3 rings (SSSR count). The molecule has 7 heteroatoms. The van der Waals surface area contributed by atoms with Crippen LogP contribution in [0, 0.1) is 0 Å². The number of allylic oxidation sites excluding steroid dienone is 3. The van der Waals surface area contributed by atoms with Crippen LogP contribution in [-0.2, 0) is 9.53 Å². The summed E-state index contributed by atoms with van der Waals surface area (Å²) in [6.45, 7) is 1.71. The van der Waals surface area contributed by atoms with Crippen molar-refractivity contribution < 1.29 is 23.9 Å². The number of rotatable bonds is 7. The second-order valence-electron chi connectivity index (χ2n) is 6.39. The second kappa shape index (κ2) is 9.47. The zero-order valence-electron chi connectivity index (χ0n) is 16.3. The van der Waals surface area contributed by atoms with Crippen LogP contribution in [0.15, 0.2) is 72.8 Å². The number of esters is 1. The Morgan fingerprint density at radius 3 is 2.20 bits per heavy atom. The summed E-state index contributed by atoms with van der Waals surface area (Å²) in [5.74, 6) is -1.66. The third-order valence-corrected chi connectivity index (χ3v) is 4.37. The first kappa shape index (κ1) is 20.7. The maximum atomic E-state index is 12.3. The van der Waals surface area contributed by atoms with Gasteiger partial charge in [-0.3, -0.25) is 19.3 Å². The lowest BCUT2D eigenvalue weighted by molar-refractivity contribution is -0.111. The number of amides is 3. The van der Waals surface area contributed by atoms with Crippen molar-refractivity contribution in [1.82, 2.24) is 4.90 Å². The maximum Gasteiger partial charge on any atom is 0.338 e. The molecule has 1 N–H and O–H groups in total. The zero-order valence-corrected chi connectivity index (χ0v) is 16.3. The molecule has 3 amide bonds. The van der Waals surface area contributed by atoms with Crippen LogP contribution in [0.2, 0.25) is 0 Å². The first-order valence-electron chi connectivity index (χ1n) is 9.34. The molecule has 1 aliphatic rings. The average Bonchev–Trinajstić information content (AvgIpc) is 2.99. The van der Waals surface area contributed by atoms with E-state index < -0.39 is 17.8 Å². The van der Waals surface area contributed by atoms with Crippen LogP contribution in [0.1, 0.15) is 38.0 Å². The molecule has 2 aromatic rings. The van der Waals surface area contributed by atoms with E-state index in [1.165, 1.54) is 18.2 Å². The van der Waals surface area contributed by atoms with Crippen molar-refractivity contribution in [3.8, 4) is 0 Å². The molecule has 1 aliphatic heterocycles. The number of nitrogens with one attached hydrogen (secondary N) is 1. The molecule has 0 radical (unpaired) electrons. The van der Waals surface area contributed by atoms with Gasteiger partial charge in [0.2, 0.25) is 5.91 Å². The number of benzene rings is 2. The molecule has 2 aromatic carbocycles. The van der Waals surface area contributed by atoms with Crippen molar-refractivity contribution in [2.45, 2.75) is 6.92 Å². The lowest BCUT2D eigenvalue weighted by atomic mass is 10.1. The smallest absolute Gasteiger partial charge is 0.338 e. The van der Waals surface area contributed by atoms with Crippen molar-refractivity contribution in [1.29, 1.82) is 0 Å². The third-order valence-electron chi connectivity index (χ3n) is 4.37. The van der Waals surface area contributed by atoms with Crippen molar-refractivity contribution >= 4 is 29.4 Å². The monoisotopic (exact) mass is 404 g/mol. The molecule has 152 valence electrons. The number of carbonyl (C=O) groups is 4. The topological polar surface area (TPSA) is 92.8 Å². The molecule has 0 saturated heterocycles. The molecule has 0 aliphatic carbocycles. The number of carbonyl (C=O) groups excluding carboxylic acids is 4. The number of hydrogen-bond donors (Lipinski definition) is 1. The van der Waals surface area contributed by atoms with Crippen LogP contribution >= 0.6 is 0 Å². The first-order chi connectivity index (χ1) is 14.5. The van der Waals surface area contributed by atoms with E-state index >= 15 is 0 Å². The van der Waals surface area contributed by atoms with Crippen molar-refractivity contribution in [2.24, 2.45) is 0 Å². The summed E-state index contributed by atoms with van der Waals surface area (Å²) in [4.78, 5) is 49.5. The van der Waals surface area contributed by atoms with Gasteiger partial charge in [-0.15, -0.1) is 0 Å². The fourth-order valence-corrected chi connectivity index (χ4v) is 2.88. The first-order valence-corrected chi connectivity index (χ1v) is 9.34. The molecule has 0 spiro atoms. The molecule has 7 nitrogen and oxygen atoms in total. The van der Waals surface area contributed by atoms with E-state index in [1.807, 2.05) is 6.92 Å². The number of anilines is 1. The van der Waals surface area contributed by atoms with Crippen molar-refractivity contribution in [2.75, 3.05) is 18.5 Å². The molecule has 0 saturated carbocycles. The minimum Gasteiger partial charge on any atom is -0.460 e. The van der Waals surface area contributed by atoms with E-state index in [-0.39, 0.29) is 19.1 Å². The van der Waals surface area contributed by atoms with E-state index in [0.29, 0.717) is 22.4 Å². The third kappa shape index (κ3) is 4.70. The molecule has 0 bridgehead atoms. The summed E-state index contributed by atoms with van der Waals surface area (Å²) < 4.78 is 5.18. The van der Waals surface area contributed by atoms with Gasteiger partial charge in [0.05, 0.1) is 23.2 Å². The Hall–Kier alpha value is -4.00. The highest BCUT2D eigenvalue weighted by Gasteiger charge is 2.34. The summed E-state index contributed by atoms with van der Waals surface area (Å²) in [6, 6.07) is 12.8. The average molecular weight is 404 g/mol. The zero-order chi connectivity index (χ0) is 21.5. The Morgan fingerprint density at radius 2 is 1.60 bits per heavy atom. The fourth-order valence-electron chi connectivity index (χ4n) is 2.88. The van der Waals surface area contributed by atoms with Crippen LogP contribution in [0.4, 0.5) is 5.69 Å². The standard InChI is InChI=1S/C23H20N2O5/c1-2-3-4-9-20(26)24-17-12-10-16(11-13-17)23(29)30-15-14-25-21(27)18-7-5-6-8-19(18)22(25)28/h2-13H,14-15H2,1H3,(H,24,26).